The molecule has 1 aromatic carbocycles. The minimum absolute atomic E-state index is 0.151. The monoisotopic (exact) mass is 274 g/mol. The molecule has 104 valence electrons. The number of rotatable bonds is 5. The van der Waals surface area contributed by atoms with E-state index in [4.69, 9.17) is 9.84 Å². The summed E-state index contributed by atoms with van der Waals surface area (Å²) >= 11 is 0. The summed E-state index contributed by atoms with van der Waals surface area (Å²) in [6.45, 7) is 1.98. The molecule has 0 aliphatic rings. The molecule has 0 atom stereocenters. The molecule has 0 unspecified atom stereocenters. The van der Waals surface area contributed by atoms with Gasteiger partial charge in [-0.2, -0.15) is 13.2 Å². The van der Waals surface area contributed by atoms with E-state index in [1.54, 1.807) is 6.92 Å². The van der Waals surface area contributed by atoms with Crippen LogP contribution in [0.25, 0.3) is 6.08 Å². The van der Waals surface area contributed by atoms with E-state index in [1.165, 1.54) is 12.1 Å². The highest BCUT2D eigenvalue weighted by atomic mass is 19.4. The Morgan fingerprint density at radius 3 is 2.63 bits per heavy atom. The molecule has 6 heteroatoms. The Morgan fingerprint density at radius 2 is 2.11 bits per heavy atom. The molecule has 19 heavy (non-hydrogen) atoms. The van der Waals surface area contributed by atoms with Crippen molar-refractivity contribution in [1.29, 1.82) is 0 Å². The summed E-state index contributed by atoms with van der Waals surface area (Å²) in [5.74, 6) is -1.47. The van der Waals surface area contributed by atoms with Gasteiger partial charge in [-0.1, -0.05) is 13.0 Å². The van der Waals surface area contributed by atoms with Gasteiger partial charge >= 0.3 is 12.1 Å². The maximum absolute atomic E-state index is 12.8. The molecule has 0 heterocycles. The normalized spacial score (nSPS) is 11.8. The molecule has 3 nitrogen and oxygen atoms in total. The number of benzene rings is 1. The number of ether oxygens (including phenoxy) is 1. The summed E-state index contributed by atoms with van der Waals surface area (Å²) < 4.78 is 43.5. The van der Waals surface area contributed by atoms with Crippen LogP contribution in [-0.4, -0.2) is 17.7 Å². The third-order valence-electron chi connectivity index (χ3n) is 2.19. The van der Waals surface area contributed by atoms with Crippen molar-refractivity contribution in [1.82, 2.24) is 0 Å². The summed E-state index contributed by atoms with van der Waals surface area (Å²) in [6, 6.07) is 3.43. The molecule has 0 fully saturated rings. The largest absolute Gasteiger partial charge is 0.493 e. The second kappa shape index (κ2) is 6.26. The van der Waals surface area contributed by atoms with Gasteiger partial charge in [0.2, 0.25) is 0 Å². The number of carboxylic acid groups (broad SMARTS) is 1. The van der Waals surface area contributed by atoms with Gasteiger partial charge in [0, 0.05) is 6.08 Å². The lowest BCUT2D eigenvalue weighted by molar-refractivity contribution is -0.139. The molecule has 0 spiro atoms. The van der Waals surface area contributed by atoms with Gasteiger partial charge in [0.25, 0.3) is 0 Å². The Morgan fingerprint density at radius 1 is 1.42 bits per heavy atom. The molecule has 1 N–H and O–H groups in total. The molecule has 0 saturated carbocycles. The molecular formula is C13H13F3O3. The highest BCUT2D eigenvalue weighted by Crippen LogP contribution is 2.37. The number of hydrogen-bond donors (Lipinski definition) is 1. The van der Waals surface area contributed by atoms with Crippen molar-refractivity contribution in [3.63, 3.8) is 0 Å². The van der Waals surface area contributed by atoms with Crippen LogP contribution in [0, 0.1) is 0 Å². The Hall–Kier alpha value is -1.98. The van der Waals surface area contributed by atoms with Gasteiger partial charge in [0.05, 0.1) is 12.2 Å². The van der Waals surface area contributed by atoms with Gasteiger partial charge in [-0.05, 0) is 30.2 Å². The molecule has 0 saturated heterocycles. The summed E-state index contributed by atoms with van der Waals surface area (Å²) in [5, 5.41) is 8.44. The quantitative estimate of drug-likeness (QED) is 0.834. The van der Waals surface area contributed by atoms with Crippen LogP contribution in [0.2, 0.25) is 0 Å². The summed E-state index contributed by atoms with van der Waals surface area (Å²) in [7, 11) is 0. The minimum atomic E-state index is -4.55. The maximum atomic E-state index is 12.8. The molecule has 0 amide bonds. The highest BCUT2D eigenvalue weighted by molar-refractivity contribution is 5.85. The number of hydrogen-bond acceptors (Lipinski definition) is 2. The van der Waals surface area contributed by atoms with E-state index in [2.05, 4.69) is 0 Å². The van der Waals surface area contributed by atoms with E-state index in [-0.39, 0.29) is 17.9 Å². The van der Waals surface area contributed by atoms with Crippen LogP contribution in [0.1, 0.15) is 24.5 Å². The lowest BCUT2D eigenvalue weighted by atomic mass is 10.1. The number of carboxylic acids is 1. The third kappa shape index (κ3) is 4.65. The van der Waals surface area contributed by atoms with Crippen LogP contribution >= 0.6 is 0 Å². The SMILES string of the molecule is CCCOc1ccc(C=CC(=O)O)cc1C(F)(F)F. The predicted octanol–water partition coefficient (Wildman–Crippen LogP) is 3.59. The minimum Gasteiger partial charge on any atom is -0.493 e. The Bertz CT molecular complexity index is 479. The lowest BCUT2D eigenvalue weighted by Crippen LogP contribution is -2.09. The van der Waals surface area contributed by atoms with Gasteiger partial charge in [0.15, 0.2) is 0 Å². The zero-order valence-corrected chi connectivity index (χ0v) is 10.2. The van der Waals surface area contributed by atoms with Crippen molar-refractivity contribution < 1.29 is 27.8 Å². The zero-order valence-electron chi connectivity index (χ0n) is 10.2. The Labute approximate surface area is 108 Å². The molecule has 0 aliphatic heterocycles. The summed E-state index contributed by atoms with van der Waals surface area (Å²) in [5.41, 5.74) is -0.757. The van der Waals surface area contributed by atoms with Crippen LogP contribution in [-0.2, 0) is 11.0 Å². The van der Waals surface area contributed by atoms with E-state index >= 15 is 0 Å². The molecule has 0 aliphatic carbocycles. The van der Waals surface area contributed by atoms with Crippen LogP contribution in [0.3, 0.4) is 0 Å². The van der Waals surface area contributed by atoms with Crippen molar-refractivity contribution in [2.24, 2.45) is 0 Å². The molecule has 0 radical (unpaired) electrons. The highest BCUT2D eigenvalue weighted by Gasteiger charge is 2.34. The van der Waals surface area contributed by atoms with E-state index in [0.29, 0.717) is 6.42 Å². The number of halogens is 3. The smallest absolute Gasteiger partial charge is 0.419 e. The fourth-order valence-electron chi connectivity index (χ4n) is 1.38. The summed E-state index contributed by atoms with van der Waals surface area (Å²) in [6.07, 6.45) is -2.07. The van der Waals surface area contributed by atoms with Crippen molar-refractivity contribution in [3.8, 4) is 5.75 Å². The van der Waals surface area contributed by atoms with Gasteiger partial charge in [-0.3, -0.25) is 0 Å². The van der Waals surface area contributed by atoms with Crippen molar-refractivity contribution >= 4 is 12.0 Å². The second-order valence-electron chi connectivity index (χ2n) is 3.77. The fourth-order valence-corrected chi connectivity index (χ4v) is 1.38. The van der Waals surface area contributed by atoms with Crippen molar-refractivity contribution in [2.45, 2.75) is 19.5 Å². The van der Waals surface area contributed by atoms with Gasteiger partial charge < -0.3 is 9.84 Å². The first-order valence-electron chi connectivity index (χ1n) is 5.59. The third-order valence-corrected chi connectivity index (χ3v) is 2.19. The van der Waals surface area contributed by atoms with E-state index in [0.717, 1.165) is 18.2 Å². The molecular weight excluding hydrogens is 261 g/mol. The first kappa shape index (κ1) is 15.1. The van der Waals surface area contributed by atoms with Gasteiger partial charge in [-0.15, -0.1) is 0 Å². The number of aliphatic carboxylic acids is 1. The Balaban J connectivity index is 3.12. The standard InChI is InChI=1S/C13H13F3O3/c1-2-7-19-11-5-3-9(4-6-12(17)18)8-10(11)13(14,15)16/h3-6,8H,2,7H2,1H3,(H,17,18). The summed E-state index contributed by atoms with van der Waals surface area (Å²) in [4.78, 5) is 10.3. The van der Waals surface area contributed by atoms with Crippen LogP contribution < -0.4 is 4.74 Å². The molecule has 1 rings (SSSR count). The first-order chi connectivity index (χ1) is 8.84. The van der Waals surface area contributed by atoms with Gasteiger partial charge in [-0.25, -0.2) is 4.79 Å². The van der Waals surface area contributed by atoms with E-state index in [1.807, 2.05) is 0 Å². The van der Waals surface area contributed by atoms with Gasteiger partial charge in [0.1, 0.15) is 5.75 Å². The predicted molar refractivity (Wildman–Crippen MR) is 63.9 cm³/mol. The van der Waals surface area contributed by atoms with Crippen LogP contribution in [0.4, 0.5) is 13.2 Å². The average molecular weight is 274 g/mol. The Kier molecular flexibility index (Phi) is 4.97. The topological polar surface area (TPSA) is 46.5 Å². The van der Waals surface area contributed by atoms with Crippen molar-refractivity contribution in [3.05, 3.63) is 35.4 Å². The first-order valence-corrected chi connectivity index (χ1v) is 5.59. The van der Waals surface area contributed by atoms with Crippen LogP contribution in [0.5, 0.6) is 5.75 Å². The lowest BCUT2D eigenvalue weighted by Gasteiger charge is -2.14. The molecule has 1 aromatic rings. The zero-order chi connectivity index (χ0) is 14.5. The fraction of sp³-hybridized carbons (Fsp3) is 0.308. The molecule has 0 aromatic heterocycles. The number of alkyl halides is 3. The number of carbonyl (C=O) groups is 1. The van der Waals surface area contributed by atoms with Crippen LogP contribution in [0.15, 0.2) is 24.3 Å². The van der Waals surface area contributed by atoms with E-state index < -0.39 is 17.7 Å². The van der Waals surface area contributed by atoms with Crippen molar-refractivity contribution in [2.75, 3.05) is 6.61 Å². The average Bonchev–Trinajstić information content (AvgIpc) is 2.33. The maximum Gasteiger partial charge on any atom is 0.419 e. The van der Waals surface area contributed by atoms with E-state index in [9.17, 15) is 18.0 Å². The second-order valence-corrected chi connectivity index (χ2v) is 3.77. The molecule has 0 bridgehead atoms.